The fourth-order valence-electron chi connectivity index (χ4n) is 2.88. The highest BCUT2D eigenvalue weighted by molar-refractivity contribution is 7.16. The lowest BCUT2D eigenvalue weighted by atomic mass is 10.1. The summed E-state index contributed by atoms with van der Waals surface area (Å²) in [6.07, 6.45) is 0. The van der Waals surface area contributed by atoms with E-state index in [1.807, 2.05) is 36.4 Å². The van der Waals surface area contributed by atoms with Gasteiger partial charge in [0.05, 0.1) is 23.4 Å². The summed E-state index contributed by atoms with van der Waals surface area (Å²) in [6.45, 7) is 5.27. The smallest absolute Gasteiger partial charge is 0.355 e. The summed E-state index contributed by atoms with van der Waals surface area (Å²) in [7, 11) is 0. The molecule has 1 aromatic heterocycles. The number of hydrogen-bond acceptors (Lipinski definition) is 7. The van der Waals surface area contributed by atoms with Crippen molar-refractivity contribution >= 4 is 50.0 Å². The molecule has 3 rings (SSSR count). The predicted molar refractivity (Wildman–Crippen MR) is 108 cm³/mol. The summed E-state index contributed by atoms with van der Waals surface area (Å²) in [4.78, 5) is 24.9. The molecule has 28 heavy (non-hydrogen) atoms. The Kier molecular flexibility index (Phi) is 5.89. The van der Waals surface area contributed by atoms with Crippen molar-refractivity contribution in [1.82, 2.24) is 4.68 Å². The van der Waals surface area contributed by atoms with Crippen molar-refractivity contribution in [2.24, 2.45) is 11.0 Å². The summed E-state index contributed by atoms with van der Waals surface area (Å²) in [6, 6.07) is 11.7. The lowest BCUT2D eigenvalue weighted by Crippen LogP contribution is -2.32. The van der Waals surface area contributed by atoms with Crippen molar-refractivity contribution in [1.29, 1.82) is 5.41 Å². The standard InChI is InChI=1S/C20H21N3O4S/c1-4-26-18(24)12(3)16(19(25)27-5-2)22-23-17-14-9-7-6-8-13(14)10-11-15(17)28-20(23)21/h6-12,21H,4-5H2,1-3H3/b21-20?,22-16-. The average Bonchev–Trinajstić information content (AvgIpc) is 3.01. The summed E-state index contributed by atoms with van der Waals surface area (Å²) in [5.41, 5.74) is 0.623. The van der Waals surface area contributed by atoms with Crippen molar-refractivity contribution in [2.75, 3.05) is 13.2 Å². The number of thiazole rings is 1. The maximum atomic E-state index is 12.5. The normalized spacial score (nSPS) is 12.9. The van der Waals surface area contributed by atoms with E-state index in [0.29, 0.717) is 5.52 Å². The molecule has 0 spiro atoms. The van der Waals surface area contributed by atoms with E-state index < -0.39 is 17.9 Å². The first-order chi connectivity index (χ1) is 13.5. The molecule has 7 nitrogen and oxygen atoms in total. The van der Waals surface area contributed by atoms with E-state index in [1.54, 1.807) is 20.8 Å². The molecule has 0 aliphatic heterocycles. The third-order valence-corrected chi connectivity index (χ3v) is 5.13. The Hall–Kier alpha value is -3.00. The van der Waals surface area contributed by atoms with Gasteiger partial charge in [0, 0.05) is 5.39 Å². The molecule has 1 heterocycles. The number of ether oxygens (including phenoxy) is 2. The second kappa shape index (κ2) is 8.35. The van der Waals surface area contributed by atoms with E-state index in [2.05, 4.69) is 5.10 Å². The number of aromatic nitrogens is 1. The number of carbonyl (C=O) groups excluding carboxylic acids is 2. The van der Waals surface area contributed by atoms with E-state index in [0.717, 1.165) is 15.5 Å². The van der Waals surface area contributed by atoms with Gasteiger partial charge < -0.3 is 9.47 Å². The zero-order valence-electron chi connectivity index (χ0n) is 15.9. The molecule has 2 aromatic carbocycles. The van der Waals surface area contributed by atoms with E-state index in [4.69, 9.17) is 14.9 Å². The van der Waals surface area contributed by atoms with Crippen LogP contribution in [0.4, 0.5) is 0 Å². The molecule has 3 aromatic rings. The van der Waals surface area contributed by atoms with Gasteiger partial charge in [0.15, 0.2) is 5.71 Å². The molecule has 8 heteroatoms. The monoisotopic (exact) mass is 399 g/mol. The third kappa shape index (κ3) is 3.68. The Bertz CT molecular complexity index is 1130. The van der Waals surface area contributed by atoms with Crippen LogP contribution in [0, 0.1) is 11.3 Å². The molecule has 0 bridgehead atoms. The van der Waals surface area contributed by atoms with E-state index in [9.17, 15) is 9.59 Å². The zero-order valence-corrected chi connectivity index (χ0v) is 16.7. The fraction of sp³-hybridized carbons (Fsp3) is 0.300. The second-order valence-corrected chi connectivity index (χ2v) is 7.06. The molecular weight excluding hydrogens is 378 g/mol. The largest absolute Gasteiger partial charge is 0.465 e. The minimum Gasteiger partial charge on any atom is -0.465 e. The quantitative estimate of drug-likeness (QED) is 0.508. The molecule has 0 aliphatic rings. The van der Waals surface area contributed by atoms with Crippen LogP contribution in [-0.4, -0.2) is 35.5 Å². The number of nitrogens with zero attached hydrogens (tertiary/aromatic N) is 2. The molecule has 0 fully saturated rings. The SMILES string of the molecule is CCOC(=O)/C(=N\n1c(=N)sc2ccc3ccccc3c21)C(C)C(=O)OCC. The van der Waals surface area contributed by atoms with Gasteiger partial charge in [0.1, 0.15) is 5.92 Å². The Balaban J connectivity index is 2.24. The summed E-state index contributed by atoms with van der Waals surface area (Å²) >= 11 is 1.25. The number of rotatable bonds is 6. The lowest BCUT2D eigenvalue weighted by Gasteiger charge is -2.13. The Labute approximate surface area is 165 Å². The van der Waals surface area contributed by atoms with Crippen LogP contribution in [0.1, 0.15) is 20.8 Å². The van der Waals surface area contributed by atoms with Crippen molar-refractivity contribution < 1.29 is 19.1 Å². The van der Waals surface area contributed by atoms with Gasteiger partial charge in [-0.15, -0.1) is 0 Å². The van der Waals surface area contributed by atoms with Gasteiger partial charge in [0.2, 0.25) is 4.80 Å². The van der Waals surface area contributed by atoms with Gasteiger partial charge in [-0.25, -0.2) is 9.47 Å². The van der Waals surface area contributed by atoms with Crippen LogP contribution < -0.4 is 4.80 Å². The van der Waals surface area contributed by atoms with Gasteiger partial charge in [-0.05, 0) is 32.2 Å². The second-order valence-electron chi connectivity index (χ2n) is 6.03. The minimum atomic E-state index is -0.921. The molecule has 0 saturated carbocycles. The maximum Gasteiger partial charge on any atom is 0.355 e. The summed E-state index contributed by atoms with van der Waals surface area (Å²) < 4.78 is 12.4. The average molecular weight is 399 g/mol. The molecule has 0 aliphatic carbocycles. The van der Waals surface area contributed by atoms with Gasteiger partial charge in [-0.2, -0.15) is 5.10 Å². The highest BCUT2D eigenvalue weighted by atomic mass is 32.1. The molecule has 1 unspecified atom stereocenters. The number of benzene rings is 2. The van der Waals surface area contributed by atoms with Crippen LogP contribution in [0.5, 0.6) is 0 Å². The zero-order chi connectivity index (χ0) is 20.3. The maximum absolute atomic E-state index is 12.5. The number of esters is 2. The lowest BCUT2D eigenvalue weighted by molar-refractivity contribution is -0.146. The first-order valence-corrected chi connectivity index (χ1v) is 9.80. The Morgan fingerprint density at radius 2 is 1.86 bits per heavy atom. The van der Waals surface area contributed by atoms with Crippen molar-refractivity contribution in [3.05, 3.63) is 41.2 Å². The summed E-state index contributed by atoms with van der Waals surface area (Å²) in [5, 5.41) is 14.6. The van der Waals surface area contributed by atoms with Gasteiger partial charge in [-0.3, -0.25) is 10.2 Å². The number of fused-ring (bicyclic) bond motifs is 3. The van der Waals surface area contributed by atoms with E-state index in [-0.39, 0.29) is 23.7 Å². The molecule has 0 saturated heterocycles. The Morgan fingerprint density at radius 3 is 2.57 bits per heavy atom. The number of hydrogen-bond donors (Lipinski definition) is 1. The van der Waals surface area contributed by atoms with Crippen molar-refractivity contribution in [3.63, 3.8) is 0 Å². The predicted octanol–water partition coefficient (Wildman–Crippen LogP) is 3.30. The van der Waals surface area contributed by atoms with Crippen LogP contribution in [0.15, 0.2) is 41.5 Å². The molecule has 1 atom stereocenters. The van der Waals surface area contributed by atoms with E-state index >= 15 is 0 Å². The van der Waals surface area contributed by atoms with Gasteiger partial charge in [-0.1, -0.05) is 41.7 Å². The Morgan fingerprint density at radius 1 is 1.14 bits per heavy atom. The molecule has 1 N–H and O–H groups in total. The van der Waals surface area contributed by atoms with Crippen LogP contribution in [0.25, 0.3) is 21.0 Å². The molecular formula is C20H21N3O4S. The van der Waals surface area contributed by atoms with Gasteiger partial charge >= 0.3 is 11.9 Å². The minimum absolute atomic E-state index is 0.0913. The molecule has 0 radical (unpaired) electrons. The van der Waals surface area contributed by atoms with Crippen LogP contribution in [0.3, 0.4) is 0 Å². The van der Waals surface area contributed by atoms with Crippen molar-refractivity contribution in [3.8, 4) is 0 Å². The topological polar surface area (TPSA) is 93.7 Å². The first kappa shape index (κ1) is 19.8. The third-order valence-electron chi connectivity index (χ3n) is 4.22. The van der Waals surface area contributed by atoms with Crippen LogP contribution >= 0.6 is 11.3 Å². The van der Waals surface area contributed by atoms with Crippen LogP contribution in [-0.2, 0) is 19.1 Å². The number of nitrogens with one attached hydrogen (secondary N) is 1. The van der Waals surface area contributed by atoms with Crippen molar-refractivity contribution in [2.45, 2.75) is 20.8 Å². The molecule has 0 amide bonds. The molecule has 146 valence electrons. The fourth-order valence-corrected chi connectivity index (χ4v) is 3.73. The van der Waals surface area contributed by atoms with Crippen LogP contribution in [0.2, 0.25) is 0 Å². The van der Waals surface area contributed by atoms with E-state index in [1.165, 1.54) is 16.0 Å². The highest BCUT2D eigenvalue weighted by Crippen LogP contribution is 2.27. The summed E-state index contributed by atoms with van der Waals surface area (Å²) in [5.74, 6) is -2.18. The van der Waals surface area contributed by atoms with Gasteiger partial charge in [0.25, 0.3) is 0 Å². The number of carbonyl (C=O) groups is 2. The first-order valence-electron chi connectivity index (χ1n) is 8.98. The highest BCUT2D eigenvalue weighted by Gasteiger charge is 2.29.